The summed E-state index contributed by atoms with van der Waals surface area (Å²) in [5, 5.41) is 3.46. The lowest BCUT2D eigenvalue weighted by atomic mass is 9.81. The monoisotopic (exact) mass is 208 g/mol. The van der Waals surface area contributed by atoms with Gasteiger partial charge in [-0.3, -0.25) is 4.90 Å². The molecule has 1 N–H and O–H groups in total. The molecule has 0 aromatic heterocycles. The van der Waals surface area contributed by atoms with E-state index in [2.05, 4.69) is 43.3 Å². The topological polar surface area (TPSA) is 15.3 Å². The van der Waals surface area contributed by atoms with Gasteiger partial charge in [0.2, 0.25) is 0 Å². The second kappa shape index (κ2) is 3.82. The molecule has 86 valence electrons. The van der Waals surface area contributed by atoms with Crippen LogP contribution in [0.5, 0.6) is 0 Å². The molecule has 2 rings (SSSR count). The number of rotatable bonds is 3. The number of hydrogen-bond acceptors (Lipinski definition) is 2. The Bertz CT molecular complexity index is 247. The van der Waals surface area contributed by atoms with E-state index >= 15 is 0 Å². The van der Waals surface area contributed by atoms with E-state index in [9.17, 15) is 0 Å². The molecule has 2 heterocycles. The molecule has 0 radical (unpaired) electrons. The van der Waals surface area contributed by atoms with Crippen molar-refractivity contribution < 1.29 is 0 Å². The van der Waals surface area contributed by atoms with Gasteiger partial charge >= 0.3 is 0 Å². The quantitative estimate of drug-likeness (QED) is 0.766. The van der Waals surface area contributed by atoms with Crippen molar-refractivity contribution in [2.75, 3.05) is 13.1 Å². The summed E-state index contributed by atoms with van der Waals surface area (Å²) in [5.74, 6) is 0. The Morgan fingerprint density at radius 3 is 2.33 bits per heavy atom. The molecule has 0 saturated carbocycles. The van der Waals surface area contributed by atoms with Crippen LogP contribution >= 0.6 is 0 Å². The molecule has 1 saturated heterocycles. The van der Waals surface area contributed by atoms with Crippen LogP contribution in [0, 0.1) is 0 Å². The number of likely N-dealkylation sites (tertiary alicyclic amines) is 1. The predicted molar refractivity (Wildman–Crippen MR) is 64.8 cm³/mol. The van der Waals surface area contributed by atoms with Crippen molar-refractivity contribution in [3.63, 3.8) is 0 Å². The first-order chi connectivity index (χ1) is 7.08. The minimum atomic E-state index is 0.374. The number of piperidine rings is 1. The molecular weight excluding hydrogens is 184 g/mol. The van der Waals surface area contributed by atoms with E-state index in [0.717, 1.165) is 0 Å². The van der Waals surface area contributed by atoms with Gasteiger partial charge in [0.15, 0.2) is 0 Å². The molecule has 0 aromatic carbocycles. The Morgan fingerprint density at radius 2 is 1.93 bits per heavy atom. The van der Waals surface area contributed by atoms with E-state index in [-0.39, 0.29) is 0 Å². The summed E-state index contributed by atoms with van der Waals surface area (Å²) in [6.45, 7) is 9.54. The minimum absolute atomic E-state index is 0.374. The Kier molecular flexibility index (Phi) is 2.80. The molecule has 0 bridgehead atoms. The van der Waals surface area contributed by atoms with Gasteiger partial charge in [-0.2, -0.15) is 0 Å². The third-order valence-corrected chi connectivity index (χ3v) is 4.15. The number of nitrogens with one attached hydrogen (secondary N) is 1. The van der Waals surface area contributed by atoms with Gasteiger partial charge in [0, 0.05) is 18.6 Å². The highest BCUT2D eigenvalue weighted by Gasteiger charge is 2.38. The van der Waals surface area contributed by atoms with E-state index in [1.54, 1.807) is 0 Å². The minimum Gasteiger partial charge on any atom is -0.382 e. The van der Waals surface area contributed by atoms with Crippen molar-refractivity contribution in [3.8, 4) is 0 Å². The van der Waals surface area contributed by atoms with Crippen molar-refractivity contribution >= 4 is 0 Å². The van der Waals surface area contributed by atoms with Crippen LogP contribution in [-0.2, 0) is 0 Å². The molecule has 15 heavy (non-hydrogen) atoms. The van der Waals surface area contributed by atoms with Crippen molar-refractivity contribution in [2.24, 2.45) is 0 Å². The fraction of sp³-hybridized carbons (Fsp3) is 0.846. The van der Waals surface area contributed by atoms with Gasteiger partial charge in [0.05, 0.1) is 5.54 Å². The number of nitrogens with zero attached hydrogens (tertiary/aromatic N) is 1. The molecule has 1 spiro atoms. The Morgan fingerprint density at radius 1 is 1.33 bits per heavy atom. The van der Waals surface area contributed by atoms with E-state index in [1.807, 2.05) is 0 Å². The average molecular weight is 208 g/mol. The SMILES string of the molecule is CCCC(C)(C)N1CCC2(C=CN2)CC1. The van der Waals surface area contributed by atoms with Crippen LogP contribution in [0.3, 0.4) is 0 Å². The summed E-state index contributed by atoms with van der Waals surface area (Å²) in [4.78, 5) is 2.66. The Hall–Kier alpha value is -0.500. The normalized spacial score (nSPS) is 25.0. The molecule has 1 fully saturated rings. The smallest absolute Gasteiger partial charge is 0.0591 e. The lowest BCUT2D eigenvalue weighted by Crippen LogP contribution is -2.58. The molecular formula is C13H24N2. The third kappa shape index (κ3) is 2.05. The van der Waals surface area contributed by atoms with Crippen LogP contribution in [0.2, 0.25) is 0 Å². The van der Waals surface area contributed by atoms with Gasteiger partial charge in [-0.1, -0.05) is 13.3 Å². The second-order valence-corrected chi connectivity index (χ2v) is 5.68. The summed E-state index contributed by atoms with van der Waals surface area (Å²) in [5.41, 5.74) is 0.766. The lowest BCUT2D eigenvalue weighted by Gasteiger charge is -2.49. The fourth-order valence-corrected chi connectivity index (χ4v) is 2.91. The van der Waals surface area contributed by atoms with Crippen molar-refractivity contribution in [3.05, 3.63) is 12.3 Å². The van der Waals surface area contributed by atoms with E-state index in [1.165, 1.54) is 38.8 Å². The maximum absolute atomic E-state index is 3.46. The van der Waals surface area contributed by atoms with Crippen LogP contribution < -0.4 is 5.32 Å². The van der Waals surface area contributed by atoms with Gasteiger partial charge in [-0.25, -0.2) is 0 Å². The summed E-state index contributed by atoms with van der Waals surface area (Å²) in [7, 11) is 0. The zero-order valence-corrected chi connectivity index (χ0v) is 10.3. The Balaban J connectivity index is 1.90. The van der Waals surface area contributed by atoms with Crippen molar-refractivity contribution in [1.29, 1.82) is 0 Å². The van der Waals surface area contributed by atoms with Crippen LogP contribution in [0.15, 0.2) is 12.3 Å². The highest BCUT2D eigenvalue weighted by molar-refractivity contribution is 5.19. The molecule has 0 aromatic rings. The summed E-state index contributed by atoms with van der Waals surface area (Å²) in [6, 6.07) is 0. The molecule has 2 nitrogen and oxygen atoms in total. The van der Waals surface area contributed by atoms with Crippen LogP contribution in [0.4, 0.5) is 0 Å². The number of hydrogen-bond donors (Lipinski definition) is 1. The van der Waals surface area contributed by atoms with Crippen LogP contribution in [0.1, 0.15) is 46.5 Å². The first-order valence-electron chi connectivity index (χ1n) is 6.28. The zero-order valence-electron chi connectivity index (χ0n) is 10.3. The highest BCUT2D eigenvalue weighted by atomic mass is 15.2. The molecule has 0 unspecified atom stereocenters. The van der Waals surface area contributed by atoms with Gasteiger partial charge in [0.1, 0.15) is 0 Å². The molecule has 0 aliphatic carbocycles. The van der Waals surface area contributed by atoms with Crippen LogP contribution in [-0.4, -0.2) is 29.1 Å². The van der Waals surface area contributed by atoms with Gasteiger partial charge in [-0.05, 0) is 45.4 Å². The van der Waals surface area contributed by atoms with Crippen molar-refractivity contribution in [1.82, 2.24) is 10.2 Å². The third-order valence-electron chi connectivity index (χ3n) is 4.15. The molecule has 0 amide bonds. The average Bonchev–Trinajstić information content (AvgIpc) is 2.15. The standard InChI is InChI=1S/C13H24N2/c1-4-5-12(2,3)15-10-7-13(8-11-15)6-9-14-13/h6,9,14H,4-5,7-8,10-11H2,1-3H3. The van der Waals surface area contributed by atoms with E-state index < -0.39 is 0 Å². The largest absolute Gasteiger partial charge is 0.382 e. The highest BCUT2D eigenvalue weighted by Crippen LogP contribution is 2.32. The summed E-state index contributed by atoms with van der Waals surface area (Å²) in [6.07, 6.45) is 9.58. The molecule has 2 aliphatic heterocycles. The van der Waals surface area contributed by atoms with Gasteiger partial charge in [0.25, 0.3) is 0 Å². The maximum atomic E-state index is 3.46. The Labute approximate surface area is 93.7 Å². The van der Waals surface area contributed by atoms with Crippen LogP contribution in [0.25, 0.3) is 0 Å². The predicted octanol–water partition coefficient (Wildman–Crippen LogP) is 2.52. The second-order valence-electron chi connectivity index (χ2n) is 5.68. The first-order valence-corrected chi connectivity index (χ1v) is 6.28. The summed E-state index contributed by atoms with van der Waals surface area (Å²) >= 11 is 0. The van der Waals surface area contributed by atoms with Gasteiger partial charge in [-0.15, -0.1) is 0 Å². The molecule has 0 atom stereocenters. The van der Waals surface area contributed by atoms with Crippen molar-refractivity contribution in [2.45, 2.75) is 57.5 Å². The van der Waals surface area contributed by atoms with E-state index in [0.29, 0.717) is 11.1 Å². The van der Waals surface area contributed by atoms with E-state index in [4.69, 9.17) is 0 Å². The van der Waals surface area contributed by atoms with Gasteiger partial charge < -0.3 is 5.32 Å². The lowest BCUT2D eigenvalue weighted by molar-refractivity contribution is 0.0590. The fourth-order valence-electron chi connectivity index (χ4n) is 2.91. The first kappa shape index (κ1) is 11.0. The molecule has 2 heteroatoms. The zero-order chi connectivity index (χ0) is 10.9. The maximum Gasteiger partial charge on any atom is 0.0591 e. The molecule has 2 aliphatic rings. The summed E-state index contributed by atoms with van der Waals surface area (Å²) < 4.78 is 0.